The monoisotopic (exact) mass is 195 g/mol. The van der Waals surface area contributed by atoms with Crippen molar-refractivity contribution in [1.82, 2.24) is 15.2 Å². The molecule has 11 heavy (non-hydrogen) atoms. The Hall–Kier alpha value is -0.620. The van der Waals surface area contributed by atoms with Crippen LogP contribution in [0.15, 0.2) is 0 Å². The van der Waals surface area contributed by atoms with Gasteiger partial charge in [-0.05, 0) is 11.6 Å². The van der Waals surface area contributed by atoms with Crippen LogP contribution in [0, 0.1) is 0 Å². The fourth-order valence-electron chi connectivity index (χ4n) is 0.585. The fourth-order valence-corrected chi connectivity index (χ4v) is 1.35. The summed E-state index contributed by atoms with van der Waals surface area (Å²) in [5.74, 6) is 0.102. The third kappa shape index (κ3) is 2.85. The molecule has 0 amide bonds. The van der Waals surface area contributed by atoms with E-state index in [9.17, 15) is 8.42 Å². The Morgan fingerprint density at radius 2 is 2.27 bits per heavy atom. The van der Waals surface area contributed by atoms with E-state index >= 15 is 0 Å². The first kappa shape index (κ1) is 8.48. The van der Waals surface area contributed by atoms with Crippen LogP contribution in [0.4, 0.5) is 0 Å². The third-order valence-corrected chi connectivity index (χ3v) is 1.87. The molecular weight excluding hydrogens is 190 g/mol. The summed E-state index contributed by atoms with van der Waals surface area (Å²) in [5.41, 5.74) is 0. The van der Waals surface area contributed by atoms with Crippen molar-refractivity contribution >= 4 is 21.4 Å². The van der Waals surface area contributed by atoms with Gasteiger partial charge in [0.2, 0.25) is 5.28 Å². The molecule has 7 heteroatoms. The average Bonchev–Trinajstić information content (AvgIpc) is 2.10. The van der Waals surface area contributed by atoms with Crippen molar-refractivity contribution in [2.45, 2.75) is 5.75 Å². The zero-order valence-electron chi connectivity index (χ0n) is 5.70. The molecule has 0 aromatic carbocycles. The van der Waals surface area contributed by atoms with Gasteiger partial charge in [-0.1, -0.05) is 0 Å². The van der Waals surface area contributed by atoms with Gasteiger partial charge in [0.25, 0.3) is 0 Å². The standard InChI is InChI=1S/C4H6ClN3O2S/c1-11(9,10)2-3-6-4(5)8-7-3/h2H2,1H3,(H,6,7,8). The van der Waals surface area contributed by atoms with Crippen molar-refractivity contribution < 1.29 is 8.42 Å². The number of nitrogens with zero attached hydrogens (tertiary/aromatic N) is 2. The lowest BCUT2D eigenvalue weighted by Gasteiger charge is -1.89. The van der Waals surface area contributed by atoms with Crippen molar-refractivity contribution in [2.75, 3.05) is 6.26 Å². The summed E-state index contributed by atoms with van der Waals surface area (Å²) < 4.78 is 21.4. The van der Waals surface area contributed by atoms with Gasteiger partial charge in [0.05, 0.1) is 0 Å². The summed E-state index contributed by atoms with van der Waals surface area (Å²) in [7, 11) is -3.06. The SMILES string of the molecule is CS(=O)(=O)Cc1nc(Cl)n[nH]1. The maximum atomic E-state index is 10.7. The second-order valence-electron chi connectivity index (χ2n) is 2.12. The lowest BCUT2D eigenvalue weighted by atomic mass is 10.7. The van der Waals surface area contributed by atoms with Gasteiger partial charge < -0.3 is 0 Å². The molecule has 62 valence electrons. The molecule has 0 saturated heterocycles. The summed E-state index contributed by atoms with van der Waals surface area (Å²) in [5, 5.41) is 5.89. The molecule has 0 atom stereocenters. The minimum absolute atomic E-state index is 0.0312. The molecule has 0 saturated carbocycles. The minimum atomic E-state index is -3.06. The van der Waals surface area contributed by atoms with Gasteiger partial charge in [0, 0.05) is 6.26 Å². The largest absolute Gasteiger partial charge is 0.261 e. The Balaban J connectivity index is 2.81. The summed E-state index contributed by atoms with van der Waals surface area (Å²) in [6, 6.07) is 0. The van der Waals surface area contributed by atoms with Crippen LogP contribution in [-0.4, -0.2) is 29.9 Å². The first-order chi connectivity index (χ1) is 4.97. The highest BCUT2D eigenvalue weighted by molar-refractivity contribution is 7.89. The second-order valence-corrected chi connectivity index (χ2v) is 4.60. The Bertz CT molecular complexity index is 344. The molecule has 0 aliphatic carbocycles. The Morgan fingerprint density at radius 1 is 1.64 bits per heavy atom. The number of hydrogen-bond acceptors (Lipinski definition) is 4. The van der Waals surface area contributed by atoms with Crippen molar-refractivity contribution in [3.8, 4) is 0 Å². The van der Waals surface area contributed by atoms with Gasteiger partial charge in [-0.3, -0.25) is 5.10 Å². The van der Waals surface area contributed by atoms with Crippen LogP contribution in [0.3, 0.4) is 0 Å². The molecule has 0 fully saturated rings. The Labute approximate surface area is 68.7 Å². The number of halogens is 1. The first-order valence-electron chi connectivity index (χ1n) is 2.72. The molecular formula is C4H6ClN3O2S. The van der Waals surface area contributed by atoms with Gasteiger partial charge in [-0.25, -0.2) is 13.4 Å². The highest BCUT2D eigenvalue weighted by Crippen LogP contribution is 2.01. The van der Waals surface area contributed by atoms with Gasteiger partial charge in [0.1, 0.15) is 11.6 Å². The van der Waals surface area contributed by atoms with E-state index < -0.39 is 9.84 Å². The average molecular weight is 196 g/mol. The number of rotatable bonds is 2. The van der Waals surface area contributed by atoms with E-state index in [4.69, 9.17) is 11.6 Å². The van der Waals surface area contributed by atoms with E-state index in [2.05, 4.69) is 15.2 Å². The van der Waals surface area contributed by atoms with E-state index in [0.717, 1.165) is 6.26 Å². The topological polar surface area (TPSA) is 75.7 Å². The summed E-state index contributed by atoms with van der Waals surface area (Å²) in [4.78, 5) is 3.62. The van der Waals surface area contributed by atoms with E-state index in [1.807, 2.05) is 0 Å². The normalized spacial score (nSPS) is 11.8. The number of aromatic nitrogens is 3. The summed E-state index contributed by atoms with van der Waals surface area (Å²) in [6.45, 7) is 0. The molecule has 1 heterocycles. The molecule has 1 aromatic heterocycles. The molecule has 0 spiro atoms. The van der Waals surface area contributed by atoms with Gasteiger partial charge >= 0.3 is 0 Å². The van der Waals surface area contributed by atoms with Crippen molar-refractivity contribution in [3.05, 3.63) is 11.1 Å². The quantitative estimate of drug-likeness (QED) is 0.721. The van der Waals surface area contributed by atoms with E-state index in [0.29, 0.717) is 0 Å². The molecule has 1 aromatic rings. The Morgan fingerprint density at radius 3 is 2.64 bits per heavy atom. The van der Waals surface area contributed by atoms with Gasteiger partial charge in [0.15, 0.2) is 9.84 Å². The summed E-state index contributed by atoms with van der Waals surface area (Å²) in [6.07, 6.45) is 1.11. The van der Waals surface area contributed by atoms with Crippen LogP contribution in [0.1, 0.15) is 5.82 Å². The number of sulfone groups is 1. The van der Waals surface area contributed by atoms with Crippen LogP contribution >= 0.6 is 11.6 Å². The molecule has 0 radical (unpaired) electrons. The Kier molecular flexibility index (Phi) is 2.15. The zero-order chi connectivity index (χ0) is 8.48. The number of H-pyrrole nitrogens is 1. The highest BCUT2D eigenvalue weighted by Gasteiger charge is 2.07. The van der Waals surface area contributed by atoms with Crippen molar-refractivity contribution in [1.29, 1.82) is 0 Å². The molecule has 0 unspecified atom stereocenters. The fraction of sp³-hybridized carbons (Fsp3) is 0.500. The number of hydrogen-bond donors (Lipinski definition) is 1. The smallest absolute Gasteiger partial charge is 0.242 e. The second kappa shape index (κ2) is 2.78. The zero-order valence-corrected chi connectivity index (χ0v) is 7.28. The van der Waals surface area contributed by atoms with Gasteiger partial charge in [-0.2, -0.15) is 0 Å². The number of nitrogens with one attached hydrogen (secondary N) is 1. The van der Waals surface area contributed by atoms with Crippen LogP contribution in [-0.2, 0) is 15.6 Å². The lowest BCUT2D eigenvalue weighted by Crippen LogP contribution is -2.02. The third-order valence-electron chi connectivity index (χ3n) is 0.903. The van der Waals surface area contributed by atoms with E-state index in [-0.39, 0.29) is 16.9 Å². The van der Waals surface area contributed by atoms with E-state index in [1.165, 1.54) is 0 Å². The molecule has 0 aliphatic rings. The van der Waals surface area contributed by atoms with Crippen molar-refractivity contribution in [3.63, 3.8) is 0 Å². The highest BCUT2D eigenvalue weighted by atomic mass is 35.5. The molecule has 0 bridgehead atoms. The molecule has 1 N–H and O–H groups in total. The van der Waals surface area contributed by atoms with Gasteiger partial charge in [-0.15, -0.1) is 5.10 Å². The van der Waals surface area contributed by atoms with Crippen LogP contribution in [0.25, 0.3) is 0 Å². The predicted molar refractivity (Wildman–Crippen MR) is 39.9 cm³/mol. The first-order valence-corrected chi connectivity index (χ1v) is 5.16. The minimum Gasteiger partial charge on any atom is -0.261 e. The summed E-state index contributed by atoms with van der Waals surface area (Å²) >= 11 is 5.34. The van der Waals surface area contributed by atoms with E-state index in [1.54, 1.807) is 0 Å². The number of aromatic amines is 1. The molecule has 5 nitrogen and oxygen atoms in total. The van der Waals surface area contributed by atoms with Crippen LogP contribution < -0.4 is 0 Å². The van der Waals surface area contributed by atoms with Crippen LogP contribution in [0.5, 0.6) is 0 Å². The van der Waals surface area contributed by atoms with Crippen LogP contribution in [0.2, 0.25) is 5.28 Å². The lowest BCUT2D eigenvalue weighted by molar-refractivity contribution is 0.599. The molecule has 1 rings (SSSR count). The molecule has 0 aliphatic heterocycles. The predicted octanol–water partition coefficient (Wildman–Crippen LogP) is 0.00270. The van der Waals surface area contributed by atoms with Crippen molar-refractivity contribution in [2.24, 2.45) is 0 Å². The maximum Gasteiger partial charge on any atom is 0.242 e. The maximum absolute atomic E-state index is 10.7.